The second kappa shape index (κ2) is 5.63. The predicted molar refractivity (Wildman–Crippen MR) is 62.9 cm³/mol. The molecule has 1 fully saturated rings. The van der Waals surface area contributed by atoms with Gasteiger partial charge in [-0.2, -0.15) is 0 Å². The van der Waals surface area contributed by atoms with Gasteiger partial charge in [0.2, 0.25) is 11.7 Å². The minimum absolute atomic E-state index is 0.0676. The van der Waals surface area contributed by atoms with Crippen molar-refractivity contribution in [2.45, 2.75) is 45.0 Å². The summed E-state index contributed by atoms with van der Waals surface area (Å²) in [6.45, 7) is 1.98. The topological polar surface area (TPSA) is 67.9 Å². The van der Waals surface area contributed by atoms with Crippen LogP contribution in [0.3, 0.4) is 0 Å². The third-order valence-corrected chi connectivity index (χ3v) is 3.32. The van der Waals surface area contributed by atoms with E-state index >= 15 is 0 Å². The van der Waals surface area contributed by atoms with Crippen LogP contribution >= 0.6 is 0 Å². The Morgan fingerprint density at radius 1 is 1.42 bits per heavy atom. The van der Waals surface area contributed by atoms with E-state index in [9.17, 15) is 13.6 Å². The normalized spacial score (nSPS) is 19.3. The Morgan fingerprint density at radius 2 is 2.11 bits per heavy atom. The molecule has 0 radical (unpaired) electrons. The third kappa shape index (κ3) is 3.71. The van der Waals surface area contributed by atoms with Crippen LogP contribution in [0.25, 0.3) is 0 Å². The number of nitrogens with zero attached hydrogens (tertiary/aromatic N) is 2. The molecule has 1 aromatic rings. The molecule has 1 aromatic heterocycles. The summed E-state index contributed by atoms with van der Waals surface area (Å²) in [7, 11) is 0. The fourth-order valence-corrected chi connectivity index (χ4v) is 2.26. The molecule has 1 saturated carbocycles. The molecule has 0 saturated heterocycles. The minimum atomic E-state index is -2.52. The van der Waals surface area contributed by atoms with Crippen molar-refractivity contribution in [2.75, 3.05) is 6.61 Å². The average molecular weight is 273 g/mol. The molecule has 0 spiro atoms. The zero-order valence-corrected chi connectivity index (χ0v) is 10.8. The lowest BCUT2D eigenvalue weighted by Gasteiger charge is -2.27. The van der Waals surface area contributed by atoms with Gasteiger partial charge in [-0.1, -0.05) is 0 Å². The van der Waals surface area contributed by atoms with Crippen molar-refractivity contribution < 1.29 is 18.3 Å². The molecule has 0 bridgehead atoms. The molecule has 106 valence electrons. The summed E-state index contributed by atoms with van der Waals surface area (Å²) < 4.78 is 30.8. The summed E-state index contributed by atoms with van der Waals surface area (Å²) in [5.41, 5.74) is 0. The quantitative estimate of drug-likeness (QED) is 0.855. The number of rotatable bonds is 4. The van der Waals surface area contributed by atoms with Gasteiger partial charge < -0.3 is 9.72 Å². The van der Waals surface area contributed by atoms with Gasteiger partial charge in [0.1, 0.15) is 5.82 Å². The molecule has 1 aliphatic carbocycles. The van der Waals surface area contributed by atoms with Crippen molar-refractivity contribution in [3.8, 4) is 0 Å². The van der Waals surface area contributed by atoms with E-state index in [0.29, 0.717) is 25.1 Å². The van der Waals surface area contributed by atoms with Crippen molar-refractivity contribution in [1.82, 2.24) is 15.2 Å². The summed E-state index contributed by atoms with van der Waals surface area (Å²) in [6, 6.07) is 0. The van der Waals surface area contributed by atoms with E-state index in [4.69, 9.17) is 4.74 Å². The van der Waals surface area contributed by atoms with E-state index in [0.717, 1.165) is 0 Å². The smallest absolute Gasteiger partial charge is 0.376 e. The Hall–Kier alpha value is -1.53. The van der Waals surface area contributed by atoms with E-state index in [2.05, 4.69) is 15.2 Å². The van der Waals surface area contributed by atoms with Crippen LogP contribution in [-0.2, 0) is 11.2 Å². The number of carbonyl (C=O) groups excluding carboxylic acids is 1. The fraction of sp³-hybridized carbons (Fsp3) is 0.750. The first kappa shape index (κ1) is 13.9. The van der Waals surface area contributed by atoms with Crippen LogP contribution in [0.5, 0.6) is 0 Å². The lowest BCUT2D eigenvalue weighted by Crippen LogP contribution is -2.25. The van der Waals surface area contributed by atoms with Gasteiger partial charge in [0.25, 0.3) is 0 Å². The molecule has 1 heterocycles. The first-order valence-electron chi connectivity index (χ1n) is 6.46. The number of aromatic amines is 1. The molecular weight excluding hydrogens is 256 g/mol. The summed E-state index contributed by atoms with van der Waals surface area (Å²) in [5, 5.41) is 7.56. The standard InChI is InChI=1S/C12H17F2N3O2/c1-2-19-11(18)10-15-9(16-17-10)7-8-3-5-12(13,14)6-4-8/h8H,2-7H2,1H3,(H,15,16,17). The maximum absolute atomic E-state index is 13.0. The molecule has 7 heteroatoms. The van der Waals surface area contributed by atoms with Crippen LogP contribution in [0, 0.1) is 5.92 Å². The zero-order valence-electron chi connectivity index (χ0n) is 10.8. The number of hydrogen-bond acceptors (Lipinski definition) is 4. The van der Waals surface area contributed by atoms with Crippen LogP contribution in [0.2, 0.25) is 0 Å². The molecule has 19 heavy (non-hydrogen) atoms. The average Bonchev–Trinajstić information content (AvgIpc) is 2.81. The van der Waals surface area contributed by atoms with E-state index in [1.54, 1.807) is 6.92 Å². The van der Waals surface area contributed by atoms with Crippen LogP contribution < -0.4 is 0 Å². The first-order chi connectivity index (χ1) is 9.00. The number of carbonyl (C=O) groups is 1. The Bertz CT molecular complexity index is 438. The molecule has 0 atom stereocenters. The van der Waals surface area contributed by atoms with Gasteiger partial charge in [0, 0.05) is 19.3 Å². The van der Waals surface area contributed by atoms with Crippen molar-refractivity contribution in [3.05, 3.63) is 11.6 Å². The van der Waals surface area contributed by atoms with Gasteiger partial charge in [-0.15, -0.1) is 10.2 Å². The third-order valence-electron chi connectivity index (χ3n) is 3.32. The van der Waals surface area contributed by atoms with E-state index < -0.39 is 11.9 Å². The molecule has 0 amide bonds. The maximum Gasteiger partial charge on any atom is 0.376 e. The van der Waals surface area contributed by atoms with Gasteiger partial charge in [-0.3, -0.25) is 0 Å². The number of H-pyrrole nitrogens is 1. The van der Waals surface area contributed by atoms with Crippen LogP contribution in [0.4, 0.5) is 8.78 Å². The fourth-order valence-electron chi connectivity index (χ4n) is 2.26. The highest BCUT2D eigenvalue weighted by molar-refractivity contribution is 5.84. The maximum atomic E-state index is 13.0. The molecule has 1 N–H and O–H groups in total. The number of hydrogen-bond donors (Lipinski definition) is 1. The number of esters is 1. The lowest BCUT2D eigenvalue weighted by atomic mass is 9.85. The number of alkyl halides is 2. The van der Waals surface area contributed by atoms with E-state index in [-0.39, 0.29) is 31.2 Å². The minimum Gasteiger partial charge on any atom is -0.460 e. The second-order valence-corrected chi connectivity index (χ2v) is 4.84. The van der Waals surface area contributed by atoms with Gasteiger partial charge in [0.05, 0.1) is 6.61 Å². The largest absolute Gasteiger partial charge is 0.460 e. The van der Waals surface area contributed by atoms with Gasteiger partial charge >= 0.3 is 5.97 Å². The van der Waals surface area contributed by atoms with Crippen molar-refractivity contribution in [1.29, 1.82) is 0 Å². The van der Waals surface area contributed by atoms with Crippen LogP contribution in [0.1, 0.15) is 49.1 Å². The SMILES string of the molecule is CCOC(=O)c1nnc(CC2CCC(F)(F)CC2)[nH]1. The Labute approximate surface area is 109 Å². The zero-order chi connectivity index (χ0) is 13.9. The molecule has 0 unspecified atom stereocenters. The van der Waals surface area contributed by atoms with Gasteiger partial charge in [-0.05, 0) is 25.7 Å². The number of ether oxygens (including phenoxy) is 1. The van der Waals surface area contributed by atoms with Gasteiger partial charge in [-0.25, -0.2) is 13.6 Å². The van der Waals surface area contributed by atoms with Crippen molar-refractivity contribution >= 4 is 5.97 Å². The highest BCUT2D eigenvalue weighted by atomic mass is 19.3. The van der Waals surface area contributed by atoms with Crippen molar-refractivity contribution in [3.63, 3.8) is 0 Å². The number of aromatic nitrogens is 3. The molecular formula is C12H17F2N3O2. The molecule has 2 rings (SSSR count). The Kier molecular flexibility index (Phi) is 4.11. The number of halogens is 2. The molecule has 5 nitrogen and oxygen atoms in total. The second-order valence-electron chi connectivity index (χ2n) is 4.84. The summed E-state index contributed by atoms with van der Waals surface area (Å²) in [4.78, 5) is 14.2. The predicted octanol–water partition coefficient (Wildman–Crippen LogP) is 2.35. The monoisotopic (exact) mass is 273 g/mol. The van der Waals surface area contributed by atoms with Crippen LogP contribution in [-0.4, -0.2) is 33.7 Å². The van der Waals surface area contributed by atoms with Crippen molar-refractivity contribution in [2.24, 2.45) is 5.92 Å². The van der Waals surface area contributed by atoms with Crippen LogP contribution in [0.15, 0.2) is 0 Å². The highest BCUT2D eigenvalue weighted by Gasteiger charge is 2.35. The van der Waals surface area contributed by atoms with Gasteiger partial charge in [0.15, 0.2) is 0 Å². The lowest BCUT2D eigenvalue weighted by molar-refractivity contribution is -0.0458. The number of nitrogens with one attached hydrogen (secondary N) is 1. The summed E-state index contributed by atoms with van der Waals surface area (Å²) >= 11 is 0. The molecule has 0 aromatic carbocycles. The van der Waals surface area contributed by atoms with E-state index in [1.165, 1.54) is 0 Å². The Balaban J connectivity index is 1.88. The molecule has 1 aliphatic rings. The Morgan fingerprint density at radius 3 is 2.74 bits per heavy atom. The van der Waals surface area contributed by atoms with E-state index in [1.807, 2.05) is 0 Å². The highest BCUT2D eigenvalue weighted by Crippen LogP contribution is 2.37. The molecule has 0 aliphatic heterocycles. The summed E-state index contributed by atoms with van der Waals surface area (Å²) in [6.07, 6.45) is 1.35. The summed E-state index contributed by atoms with van der Waals surface area (Å²) in [5.74, 6) is -2.27. The first-order valence-corrected chi connectivity index (χ1v) is 6.46.